The zero-order valence-corrected chi connectivity index (χ0v) is 18.2. The van der Waals surface area contributed by atoms with Crippen LogP contribution in [-0.4, -0.2) is 39.9 Å². The molecule has 1 aromatic heterocycles. The summed E-state index contributed by atoms with van der Waals surface area (Å²) in [5, 5.41) is 10.7. The van der Waals surface area contributed by atoms with Crippen molar-refractivity contribution in [2.75, 3.05) is 29.1 Å². The third-order valence-electron chi connectivity index (χ3n) is 5.42. The molecule has 0 unspecified atom stereocenters. The minimum Gasteiger partial charge on any atom is -0.372 e. The first-order valence-electron chi connectivity index (χ1n) is 10.3. The molecule has 0 bridgehead atoms. The highest BCUT2D eigenvalue weighted by molar-refractivity contribution is 7.99. The number of carbonyl (C=O) groups excluding carboxylic acids is 1. The number of hydrogen-bond donors (Lipinski definition) is 2. The lowest BCUT2D eigenvalue weighted by Crippen LogP contribution is -2.32. The van der Waals surface area contributed by atoms with Gasteiger partial charge in [-0.05, 0) is 49.9 Å². The normalized spacial score (nSPS) is 14.7. The zero-order valence-electron chi connectivity index (χ0n) is 17.4. The SMILES string of the molecule is Cc1ccc(-c2nc(SCC(=O)Nc3ccc(N4CCC(C)CC4)cc3)n[nH]2)cc1. The highest BCUT2D eigenvalue weighted by atomic mass is 32.2. The Morgan fingerprint density at radius 1 is 1.13 bits per heavy atom. The maximum absolute atomic E-state index is 12.3. The Hall–Kier alpha value is -2.80. The van der Waals surface area contributed by atoms with E-state index in [1.807, 2.05) is 43.3 Å². The van der Waals surface area contributed by atoms with Crippen molar-refractivity contribution in [1.29, 1.82) is 0 Å². The first kappa shape index (κ1) is 20.5. The fraction of sp³-hybridized carbons (Fsp3) is 0.348. The van der Waals surface area contributed by atoms with Crippen molar-refractivity contribution in [2.45, 2.75) is 31.8 Å². The number of rotatable bonds is 6. The van der Waals surface area contributed by atoms with Crippen molar-refractivity contribution in [3.63, 3.8) is 0 Å². The van der Waals surface area contributed by atoms with Crippen LogP contribution in [-0.2, 0) is 4.79 Å². The van der Waals surface area contributed by atoms with Gasteiger partial charge in [0.1, 0.15) is 0 Å². The van der Waals surface area contributed by atoms with E-state index in [0.717, 1.165) is 30.3 Å². The van der Waals surface area contributed by atoms with Gasteiger partial charge in [0.2, 0.25) is 11.1 Å². The molecule has 2 heterocycles. The van der Waals surface area contributed by atoms with E-state index < -0.39 is 0 Å². The van der Waals surface area contributed by atoms with Gasteiger partial charge in [0, 0.05) is 30.0 Å². The minimum absolute atomic E-state index is 0.0683. The summed E-state index contributed by atoms with van der Waals surface area (Å²) in [6, 6.07) is 16.2. The van der Waals surface area contributed by atoms with Gasteiger partial charge in [-0.25, -0.2) is 4.98 Å². The van der Waals surface area contributed by atoms with E-state index in [2.05, 4.69) is 44.5 Å². The van der Waals surface area contributed by atoms with Crippen molar-refractivity contribution in [3.8, 4) is 11.4 Å². The zero-order chi connectivity index (χ0) is 20.9. The van der Waals surface area contributed by atoms with Gasteiger partial charge in [0.05, 0.1) is 5.75 Å². The van der Waals surface area contributed by atoms with Crippen LogP contribution >= 0.6 is 11.8 Å². The maximum atomic E-state index is 12.3. The number of nitrogens with zero attached hydrogens (tertiary/aromatic N) is 3. The molecule has 156 valence electrons. The second kappa shape index (κ2) is 9.34. The Labute approximate surface area is 181 Å². The Kier molecular flexibility index (Phi) is 6.38. The second-order valence-corrected chi connectivity index (χ2v) is 8.83. The van der Waals surface area contributed by atoms with Crippen LogP contribution in [0, 0.1) is 12.8 Å². The average molecular weight is 422 g/mol. The van der Waals surface area contributed by atoms with E-state index in [4.69, 9.17) is 0 Å². The lowest BCUT2D eigenvalue weighted by Gasteiger charge is -2.32. The number of hydrogen-bond acceptors (Lipinski definition) is 5. The molecule has 0 saturated carbocycles. The van der Waals surface area contributed by atoms with Gasteiger partial charge in [-0.2, -0.15) is 0 Å². The van der Waals surface area contributed by atoms with Crippen molar-refractivity contribution < 1.29 is 4.79 Å². The van der Waals surface area contributed by atoms with Crippen LogP contribution in [0.5, 0.6) is 0 Å². The van der Waals surface area contributed by atoms with Crippen molar-refractivity contribution in [1.82, 2.24) is 15.2 Å². The van der Waals surface area contributed by atoms with Crippen LogP contribution < -0.4 is 10.2 Å². The number of amides is 1. The molecule has 0 atom stereocenters. The first-order chi connectivity index (χ1) is 14.6. The standard InChI is InChI=1S/C23H27N5OS/c1-16-3-5-18(6-4-16)22-25-23(27-26-22)30-15-21(29)24-19-7-9-20(10-8-19)28-13-11-17(2)12-14-28/h3-10,17H,11-15H2,1-2H3,(H,24,29)(H,25,26,27). The Morgan fingerprint density at radius 3 is 2.53 bits per heavy atom. The first-order valence-corrected chi connectivity index (χ1v) is 11.3. The monoisotopic (exact) mass is 421 g/mol. The molecule has 0 aliphatic carbocycles. The number of aromatic amines is 1. The fourth-order valence-corrected chi connectivity index (χ4v) is 4.10. The van der Waals surface area contributed by atoms with Gasteiger partial charge in [-0.15, -0.1) is 5.10 Å². The molecule has 1 aliphatic rings. The number of thioether (sulfide) groups is 1. The Bertz CT molecular complexity index is 976. The summed E-state index contributed by atoms with van der Waals surface area (Å²) >= 11 is 1.32. The quantitative estimate of drug-likeness (QED) is 0.562. The molecule has 1 fully saturated rings. The van der Waals surface area contributed by atoms with E-state index in [1.54, 1.807) is 0 Å². The number of aryl methyl sites for hydroxylation is 1. The summed E-state index contributed by atoms with van der Waals surface area (Å²) in [5.74, 6) is 1.72. The van der Waals surface area contributed by atoms with Crippen LogP contribution in [0.2, 0.25) is 0 Å². The summed E-state index contributed by atoms with van der Waals surface area (Å²) in [5.41, 5.74) is 4.21. The molecular formula is C23H27N5OS. The number of anilines is 2. The molecule has 1 saturated heterocycles. The number of nitrogens with one attached hydrogen (secondary N) is 2. The van der Waals surface area contributed by atoms with Crippen LogP contribution in [0.3, 0.4) is 0 Å². The van der Waals surface area contributed by atoms with Crippen molar-refractivity contribution >= 4 is 29.0 Å². The average Bonchev–Trinajstić information content (AvgIpc) is 3.23. The summed E-state index contributed by atoms with van der Waals surface area (Å²) < 4.78 is 0. The Balaban J connectivity index is 1.27. The predicted octanol–water partition coefficient (Wildman–Crippen LogP) is 4.75. The Morgan fingerprint density at radius 2 is 1.83 bits per heavy atom. The van der Waals surface area contributed by atoms with E-state index in [9.17, 15) is 4.79 Å². The maximum Gasteiger partial charge on any atom is 0.234 e. The van der Waals surface area contributed by atoms with Gasteiger partial charge >= 0.3 is 0 Å². The molecule has 1 aliphatic heterocycles. The van der Waals surface area contributed by atoms with Crippen LogP contribution in [0.25, 0.3) is 11.4 Å². The smallest absolute Gasteiger partial charge is 0.234 e. The molecule has 2 N–H and O–H groups in total. The number of benzene rings is 2. The van der Waals surface area contributed by atoms with Gasteiger partial charge in [-0.1, -0.05) is 48.5 Å². The summed E-state index contributed by atoms with van der Waals surface area (Å²) in [4.78, 5) is 19.2. The predicted molar refractivity (Wildman–Crippen MR) is 123 cm³/mol. The van der Waals surface area contributed by atoms with Crippen LogP contribution in [0.15, 0.2) is 53.7 Å². The van der Waals surface area contributed by atoms with Crippen molar-refractivity contribution in [2.24, 2.45) is 5.92 Å². The lowest BCUT2D eigenvalue weighted by molar-refractivity contribution is -0.113. The molecule has 7 heteroatoms. The molecule has 3 aromatic rings. The topological polar surface area (TPSA) is 73.9 Å². The van der Waals surface area contributed by atoms with E-state index in [0.29, 0.717) is 11.0 Å². The molecule has 1 amide bonds. The van der Waals surface area contributed by atoms with E-state index in [-0.39, 0.29) is 11.7 Å². The number of piperidine rings is 1. The highest BCUT2D eigenvalue weighted by Gasteiger charge is 2.16. The molecule has 0 radical (unpaired) electrons. The minimum atomic E-state index is -0.0683. The summed E-state index contributed by atoms with van der Waals surface area (Å²) in [6.07, 6.45) is 2.48. The molecular weight excluding hydrogens is 394 g/mol. The van der Waals surface area contributed by atoms with Gasteiger partial charge in [0.25, 0.3) is 0 Å². The van der Waals surface area contributed by atoms with Gasteiger partial charge in [-0.3, -0.25) is 9.89 Å². The third kappa shape index (κ3) is 5.21. The molecule has 6 nitrogen and oxygen atoms in total. The van der Waals surface area contributed by atoms with E-state index in [1.165, 1.54) is 35.9 Å². The van der Waals surface area contributed by atoms with Crippen LogP contribution in [0.1, 0.15) is 25.3 Å². The van der Waals surface area contributed by atoms with Crippen LogP contribution in [0.4, 0.5) is 11.4 Å². The number of H-pyrrole nitrogens is 1. The molecule has 4 rings (SSSR count). The molecule has 2 aromatic carbocycles. The second-order valence-electron chi connectivity index (χ2n) is 7.89. The van der Waals surface area contributed by atoms with E-state index >= 15 is 0 Å². The lowest BCUT2D eigenvalue weighted by atomic mass is 9.99. The number of carbonyl (C=O) groups is 1. The molecule has 30 heavy (non-hydrogen) atoms. The highest BCUT2D eigenvalue weighted by Crippen LogP contribution is 2.24. The summed E-state index contributed by atoms with van der Waals surface area (Å²) in [6.45, 7) is 6.57. The molecule has 0 spiro atoms. The fourth-order valence-electron chi connectivity index (χ4n) is 3.50. The third-order valence-corrected chi connectivity index (χ3v) is 6.27. The summed E-state index contributed by atoms with van der Waals surface area (Å²) in [7, 11) is 0. The van der Waals surface area contributed by atoms with Gasteiger partial charge in [0.15, 0.2) is 5.82 Å². The van der Waals surface area contributed by atoms with Crippen molar-refractivity contribution in [3.05, 3.63) is 54.1 Å². The van der Waals surface area contributed by atoms with Gasteiger partial charge < -0.3 is 10.2 Å². The number of aromatic nitrogens is 3. The largest absolute Gasteiger partial charge is 0.372 e.